The van der Waals surface area contributed by atoms with E-state index in [1.807, 2.05) is 6.20 Å². The Morgan fingerprint density at radius 3 is 2.79 bits per heavy atom. The maximum atomic E-state index is 11.3. The van der Waals surface area contributed by atoms with Crippen LogP contribution in [-0.4, -0.2) is 57.9 Å². The molecule has 6 nitrogen and oxygen atoms in total. The molecule has 0 aromatic rings. The summed E-state index contributed by atoms with van der Waals surface area (Å²) in [5, 5.41) is 0. The third-order valence-corrected chi connectivity index (χ3v) is 2.75. The lowest BCUT2D eigenvalue weighted by Crippen LogP contribution is -2.18. The summed E-state index contributed by atoms with van der Waals surface area (Å²) < 4.78 is 20.3. The fourth-order valence-electron chi connectivity index (χ4n) is 1.60. The Bertz CT molecular complexity index is 293. The summed E-state index contributed by atoms with van der Waals surface area (Å²) in [6, 6.07) is 0. The van der Waals surface area contributed by atoms with E-state index in [2.05, 4.69) is 6.92 Å². The van der Waals surface area contributed by atoms with Crippen LogP contribution >= 0.6 is 0 Å². The van der Waals surface area contributed by atoms with Gasteiger partial charge in [-0.25, -0.2) is 4.79 Å². The van der Waals surface area contributed by atoms with Gasteiger partial charge in [-0.3, -0.25) is 4.90 Å². The molecule has 1 saturated heterocycles. The molecule has 6 heteroatoms. The summed E-state index contributed by atoms with van der Waals surface area (Å²) in [5.74, 6) is 0. The predicted octanol–water partition coefficient (Wildman–Crippen LogP) is 1.76. The van der Waals surface area contributed by atoms with Gasteiger partial charge in [0.05, 0.1) is 26.4 Å². The van der Waals surface area contributed by atoms with Crippen molar-refractivity contribution in [2.24, 2.45) is 0 Å². The fourth-order valence-corrected chi connectivity index (χ4v) is 1.60. The van der Waals surface area contributed by atoms with Gasteiger partial charge in [0, 0.05) is 13.3 Å². The van der Waals surface area contributed by atoms with E-state index in [0.29, 0.717) is 33.0 Å². The molecule has 1 amide bonds. The van der Waals surface area contributed by atoms with Gasteiger partial charge in [-0.15, -0.1) is 0 Å². The summed E-state index contributed by atoms with van der Waals surface area (Å²) >= 11 is 0. The number of carbonyl (C=O) groups is 1. The molecule has 110 valence electrons. The van der Waals surface area contributed by atoms with Crippen molar-refractivity contribution in [1.82, 2.24) is 4.90 Å². The Labute approximate surface area is 114 Å². The van der Waals surface area contributed by atoms with E-state index < -0.39 is 0 Å². The number of hydrogen-bond acceptors (Lipinski definition) is 5. The van der Waals surface area contributed by atoms with E-state index in [1.165, 1.54) is 0 Å². The summed E-state index contributed by atoms with van der Waals surface area (Å²) in [5.41, 5.74) is 1.16. The number of methoxy groups -OCH3 is 1. The fraction of sp³-hybridized carbons (Fsp3) is 0.769. The van der Waals surface area contributed by atoms with Gasteiger partial charge in [0.25, 0.3) is 0 Å². The molecule has 0 atom stereocenters. The van der Waals surface area contributed by atoms with Gasteiger partial charge >= 0.3 is 6.09 Å². The highest BCUT2D eigenvalue weighted by atomic mass is 16.7. The van der Waals surface area contributed by atoms with Crippen LogP contribution in [-0.2, 0) is 18.9 Å². The van der Waals surface area contributed by atoms with Crippen molar-refractivity contribution in [3.8, 4) is 0 Å². The second-order valence-corrected chi connectivity index (χ2v) is 4.13. The zero-order valence-corrected chi connectivity index (χ0v) is 11.7. The number of cyclic esters (lactones) is 1. The van der Waals surface area contributed by atoms with Gasteiger partial charge < -0.3 is 18.9 Å². The Morgan fingerprint density at radius 2 is 2.16 bits per heavy atom. The van der Waals surface area contributed by atoms with Crippen LogP contribution in [0.4, 0.5) is 4.79 Å². The van der Waals surface area contributed by atoms with Crippen LogP contribution in [0.15, 0.2) is 11.8 Å². The van der Waals surface area contributed by atoms with Gasteiger partial charge in [0.1, 0.15) is 13.4 Å². The Hall–Kier alpha value is -1.11. The van der Waals surface area contributed by atoms with Crippen molar-refractivity contribution in [3.05, 3.63) is 11.8 Å². The smallest absolute Gasteiger partial charge is 0.413 e. The maximum Gasteiger partial charge on any atom is 0.413 e. The molecule has 0 spiro atoms. The van der Waals surface area contributed by atoms with Gasteiger partial charge in [0.2, 0.25) is 0 Å². The van der Waals surface area contributed by atoms with Crippen LogP contribution < -0.4 is 0 Å². The molecule has 1 fully saturated rings. The minimum absolute atomic E-state index is 0.269. The van der Waals surface area contributed by atoms with Crippen LogP contribution in [0.5, 0.6) is 0 Å². The van der Waals surface area contributed by atoms with Crippen molar-refractivity contribution in [2.45, 2.75) is 19.8 Å². The van der Waals surface area contributed by atoms with E-state index in [9.17, 15) is 4.79 Å². The number of carbonyl (C=O) groups excluding carboxylic acids is 1. The minimum Gasteiger partial charge on any atom is -0.447 e. The molecule has 1 heterocycles. The Morgan fingerprint density at radius 1 is 1.37 bits per heavy atom. The lowest BCUT2D eigenvalue weighted by molar-refractivity contribution is -0.0648. The average molecular weight is 273 g/mol. The van der Waals surface area contributed by atoms with Gasteiger partial charge in [-0.05, 0) is 12.8 Å². The standard InChI is InChI=1S/C13H23NO5/c1-3-12(10-14-5-7-19-13(14)15)4-6-17-11-18-9-8-16-2/h10H,3-9,11H2,1-2H3/b12-10-. The predicted molar refractivity (Wildman–Crippen MR) is 69.7 cm³/mol. The van der Waals surface area contributed by atoms with Crippen LogP contribution in [0.25, 0.3) is 0 Å². The van der Waals surface area contributed by atoms with Crippen molar-refractivity contribution < 1.29 is 23.7 Å². The number of rotatable bonds is 10. The zero-order chi connectivity index (χ0) is 13.9. The molecule has 1 aliphatic heterocycles. The number of nitrogens with zero attached hydrogens (tertiary/aromatic N) is 1. The van der Waals surface area contributed by atoms with Gasteiger partial charge in [-0.2, -0.15) is 0 Å². The first-order valence-corrected chi connectivity index (χ1v) is 6.55. The third kappa shape index (κ3) is 6.56. The highest BCUT2D eigenvalue weighted by Gasteiger charge is 2.19. The second-order valence-electron chi connectivity index (χ2n) is 4.13. The zero-order valence-electron chi connectivity index (χ0n) is 11.7. The lowest BCUT2D eigenvalue weighted by atomic mass is 10.1. The summed E-state index contributed by atoms with van der Waals surface area (Å²) in [6.07, 6.45) is 3.27. The molecule has 0 unspecified atom stereocenters. The second kappa shape index (κ2) is 9.77. The molecule has 19 heavy (non-hydrogen) atoms. The van der Waals surface area contributed by atoms with Crippen molar-refractivity contribution >= 4 is 6.09 Å². The monoisotopic (exact) mass is 273 g/mol. The largest absolute Gasteiger partial charge is 0.447 e. The summed E-state index contributed by atoms with van der Waals surface area (Å²) in [6.45, 7) is 5.11. The minimum atomic E-state index is -0.269. The van der Waals surface area contributed by atoms with Crippen molar-refractivity contribution in [2.75, 3.05) is 46.9 Å². The first-order valence-electron chi connectivity index (χ1n) is 6.55. The molecular formula is C13H23NO5. The molecule has 0 aromatic heterocycles. The highest BCUT2D eigenvalue weighted by molar-refractivity contribution is 5.70. The molecule has 0 saturated carbocycles. The van der Waals surface area contributed by atoms with Crippen LogP contribution in [0, 0.1) is 0 Å². The topological polar surface area (TPSA) is 57.2 Å². The number of hydrogen-bond donors (Lipinski definition) is 0. The van der Waals surface area contributed by atoms with Crippen LogP contribution in [0.2, 0.25) is 0 Å². The Kier molecular flexibility index (Phi) is 8.20. The lowest BCUT2D eigenvalue weighted by Gasteiger charge is -2.11. The third-order valence-electron chi connectivity index (χ3n) is 2.75. The first-order chi connectivity index (χ1) is 9.27. The molecular weight excluding hydrogens is 250 g/mol. The molecule has 0 aliphatic carbocycles. The molecule has 0 radical (unpaired) electrons. The van der Waals surface area contributed by atoms with Crippen LogP contribution in [0.1, 0.15) is 19.8 Å². The maximum absolute atomic E-state index is 11.3. The van der Waals surface area contributed by atoms with E-state index in [4.69, 9.17) is 18.9 Å². The summed E-state index contributed by atoms with van der Waals surface area (Å²) in [7, 11) is 1.63. The van der Waals surface area contributed by atoms with E-state index in [1.54, 1.807) is 12.0 Å². The van der Waals surface area contributed by atoms with Gasteiger partial charge in [-0.1, -0.05) is 12.5 Å². The average Bonchev–Trinajstić information content (AvgIpc) is 2.81. The van der Waals surface area contributed by atoms with E-state index in [-0.39, 0.29) is 12.9 Å². The molecule has 0 aromatic carbocycles. The first kappa shape index (κ1) is 15.9. The normalized spacial score (nSPS) is 16.0. The molecule has 0 N–H and O–H groups in total. The quantitative estimate of drug-likeness (QED) is 0.448. The van der Waals surface area contributed by atoms with E-state index >= 15 is 0 Å². The summed E-state index contributed by atoms with van der Waals surface area (Å²) in [4.78, 5) is 12.9. The van der Waals surface area contributed by atoms with Crippen molar-refractivity contribution in [1.29, 1.82) is 0 Å². The number of amides is 1. The van der Waals surface area contributed by atoms with Gasteiger partial charge in [0.15, 0.2) is 0 Å². The SMILES string of the molecule is CC/C(=C/N1CCOC1=O)CCOCOCCOC. The number of ether oxygens (including phenoxy) is 4. The van der Waals surface area contributed by atoms with Crippen LogP contribution in [0.3, 0.4) is 0 Å². The molecule has 0 bridgehead atoms. The van der Waals surface area contributed by atoms with E-state index in [0.717, 1.165) is 18.4 Å². The Balaban J connectivity index is 2.14. The molecule has 1 rings (SSSR count). The molecule has 1 aliphatic rings. The van der Waals surface area contributed by atoms with Crippen molar-refractivity contribution in [3.63, 3.8) is 0 Å². The highest BCUT2D eigenvalue weighted by Crippen LogP contribution is 2.12.